The fourth-order valence-corrected chi connectivity index (χ4v) is 1.44. The van der Waals surface area contributed by atoms with Crippen LogP contribution >= 0.6 is 0 Å². The summed E-state index contributed by atoms with van der Waals surface area (Å²) >= 11 is 0. The lowest BCUT2D eigenvalue weighted by Crippen LogP contribution is -1.96. The number of hydrogen-bond acceptors (Lipinski definition) is 4. The fraction of sp³-hybridized carbons (Fsp3) is 0. The van der Waals surface area contributed by atoms with Gasteiger partial charge < -0.3 is 0 Å². The van der Waals surface area contributed by atoms with Crippen LogP contribution in [0.15, 0.2) is 33.6 Å². The molecule has 74 valence electrons. The maximum atomic E-state index is 11.1. The average molecular weight is 214 g/mol. The van der Waals surface area contributed by atoms with Crippen LogP contribution in [0.3, 0.4) is 0 Å². The minimum Gasteiger partial charge on any atom is -0.258 e. The third kappa shape index (κ3) is 1.94. The van der Waals surface area contributed by atoms with Gasteiger partial charge >= 0.3 is 0 Å². The molecule has 0 aliphatic carbocycles. The third-order valence-electron chi connectivity index (χ3n) is 1.52. The Balaban J connectivity index is 3.19. The molecule has 0 bridgehead atoms. The lowest BCUT2D eigenvalue weighted by molar-refractivity contribution is -0.384. The monoisotopic (exact) mass is 214 g/mol. The van der Waals surface area contributed by atoms with Gasteiger partial charge in [-0.2, -0.15) is 12.8 Å². The van der Waals surface area contributed by atoms with Crippen molar-refractivity contribution in [3.05, 3.63) is 34.4 Å². The van der Waals surface area contributed by atoms with Gasteiger partial charge in [-0.05, 0) is 12.1 Å². The molecule has 0 aromatic heterocycles. The number of nitrogens with zero attached hydrogens (tertiary/aromatic N) is 2. The Kier molecular flexibility index (Phi) is 2.61. The fourth-order valence-electron chi connectivity index (χ4n) is 0.814. The highest BCUT2D eigenvalue weighted by atomic mass is 32.2. The molecule has 0 saturated carbocycles. The largest absolute Gasteiger partial charge is 0.281 e. The van der Waals surface area contributed by atoms with Crippen molar-refractivity contribution in [2.75, 3.05) is 0 Å². The molecule has 0 saturated heterocycles. The molecule has 0 fully saturated rings. The van der Waals surface area contributed by atoms with Crippen LogP contribution in [-0.2, 0) is 10.0 Å². The van der Waals surface area contributed by atoms with Gasteiger partial charge in [0.2, 0.25) is 0 Å². The van der Waals surface area contributed by atoms with Gasteiger partial charge in [-0.3, -0.25) is 10.1 Å². The van der Waals surface area contributed by atoms with Crippen molar-refractivity contribution < 1.29 is 13.3 Å². The summed E-state index contributed by atoms with van der Waals surface area (Å²) < 4.78 is 25.1. The summed E-state index contributed by atoms with van der Waals surface area (Å²) in [6, 6.07) is 4.42. The van der Waals surface area contributed by atoms with Crippen molar-refractivity contribution in [2.24, 2.45) is 4.40 Å². The predicted octanol–water partition coefficient (Wildman–Crippen LogP) is 0.984. The van der Waals surface area contributed by atoms with E-state index in [0.29, 0.717) is 0 Å². The Bertz CT molecular complexity index is 463. The maximum absolute atomic E-state index is 11.1. The SMILES string of the molecule is C=NS(=O)(=O)c1ccc([N+](=O)[O-])cc1. The molecule has 7 heteroatoms. The van der Waals surface area contributed by atoms with Crippen LogP contribution in [0.1, 0.15) is 0 Å². The van der Waals surface area contributed by atoms with Gasteiger partial charge in [0.25, 0.3) is 15.7 Å². The van der Waals surface area contributed by atoms with Crippen molar-refractivity contribution in [3.63, 3.8) is 0 Å². The first kappa shape index (κ1) is 10.3. The highest BCUT2D eigenvalue weighted by Gasteiger charge is 2.12. The van der Waals surface area contributed by atoms with Crippen molar-refractivity contribution in [3.8, 4) is 0 Å². The molecule has 0 amide bonds. The summed E-state index contributed by atoms with van der Waals surface area (Å²) in [6.07, 6.45) is 0. The summed E-state index contributed by atoms with van der Waals surface area (Å²) in [5.41, 5.74) is -0.173. The van der Waals surface area contributed by atoms with Crippen LogP contribution in [0.2, 0.25) is 0 Å². The molecule has 0 atom stereocenters. The quantitative estimate of drug-likeness (QED) is 0.426. The van der Waals surface area contributed by atoms with E-state index in [2.05, 4.69) is 11.1 Å². The number of benzene rings is 1. The number of sulfonamides is 1. The smallest absolute Gasteiger partial charge is 0.258 e. The molecule has 0 unspecified atom stereocenters. The third-order valence-corrected chi connectivity index (χ3v) is 2.72. The molecule has 14 heavy (non-hydrogen) atoms. The van der Waals surface area contributed by atoms with E-state index in [0.717, 1.165) is 24.3 Å². The molecule has 0 N–H and O–H groups in total. The van der Waals surface area contributed by atoms with Crippen molar-refractivity contribution in [1.29, 1.82) is 0 Å². The second kappa shape index (κ2) is 3.54. The first-order valence-corrected chi connectivity index (χ1v) is 4.89. The molecule has 1 aromatic carbocycles. The zero-order chi connectivity index (χ0) is 10.8. The zero-order valence-corrected chi connectivity index (χ0v) is 7.77. The summed E-state index contributed by atoms with van der Waals surface area (Å²) in [6.45, 7) is 2.89. The molecule has 0 aliphatic rings. The molecule has 0 heterocycles. The number of nitro groups is 1. The predicted molar refractivity (Wildman–Crippen MR) is 49.8 cm³/mol. The Morgan fingerprint density at radius 1 is 1.29 bits per heavy atom. The topological polar surface area (TPSA) is 89.6 Å². The van der Waals surface area contributed by atoms with E-state index in [9.17, 15) is 18.5 Å². The van der Waals surface area contributed by atoms with Gasteiger partial charge in [0.05, 0.1) is 9.82 Å². The Morgan fingerprint density at radius 3 is 2.14 bits per heavy atom. The van der Waals surface area contributed by atoms with Crippen molar-refractivity contribution >= 4 is 22.4 Å². The van der Waals surface area contributed by atoms with E-state index in [1.165, 1.54) is 0 Å². The van der Waals surface area contributed by atoms with E-state index in [1.807, 2.05) is 0 Å². The van der Waals surface area contributed by atoms with Crippen LogP contribution in [0.25, 0.3) is 0 Å². The van der Waals surface area contributed by atoms with Crippen LogP contribution in [0.4, 0.5) is 5.69 Å². The van der Waals surface area contributed by atoms with E-state index >= 15 is 0 Å². The van der Waals surface area contributed by atoms with Crippen molar-refractivity contribution in [1.82, 2.24) is 0 Å². The van der Waals surface area contributed by atoms with Crippen LogP contribution in [0.5, 0.6) is 0 Å². The standard InChI is InChI=1S/C7H6N2O4S/c1-8-14(12,13)7-4-2-6(3-5-7)9(10)11/h2-5H,1H2. The van der Waals surface area contributed by atoms with Gasteiger partial charge in [0, 0.05) is 18.9 Å². The lowest BCUT2D eigenvalue weighted by atomic mass is 10.3. The Labute approximate surface area is 80.1 Å². The van der Waals surface area contributed by atoms with E-state index < -0.39 is 14.9 Å². The number of hydrogen-bond donors (Lipinski definition) is 0. The second-order valence-corrected chi connectivity index (χ2v) is 4.03. The first-order valence-electron chi connectivity index (χ1n) is 3.45. The lowest BCUT2D eigenvalue weighted by Gasteiger charge is -1.96. The van der Waals surface area contributed by atoms with Crippen molar-refractivity contribution in [2.45, 2.75) is 4.90 Å². The van der Waals surface area contributed by atoms with Crippen LogP contribution < -0.4 is 0 Å². The highest BCUT2D eigenvalue weighted by Crippen LogP contribution is 2.16. The molecule has 1 aromatic rings. The van der Waals surface area contributed by atoms with Crippen LogP contribution in [-0.4, -0.2) is 20.1 Å². The maximum Gasteiger partial charge on any atom is 0.281 e. The number of nitro benzene ring substituents is 1. The van der Waals surface area contributed by atoms with Gasteiger partial charge in [0.15, 0.2) is 0 Å². The Morgan fingerprint density at radius 2 is 1.79 bits per heavy atom. The van der Waals surface area contributed by atoms with E-state index in [1.54, 1.807) is 0 Å². The Hall–Kier alpha value is -1.76. The van der Waals surface area contributed by atoms with Gasteiger partial charge in [0.1, 0.15) is 0 Å². The molecule has 1 rings (SSSR count). The first-order chi connectivity index (χ1) is 6.47. The number of non-ortho nitro benzene ring substituents is 1. The minimum absolute atomic E-state index is 0.113. The normalized spacial score (nSPS) is 10.9. The zero-order valence-electron chi connectivity index (χ0n) is 6.95. The highest BCUT2D eigenvalue weighted by molar-refractivity contribution is 7.90. The van der Waals surface area contributed by atoms with E-state index in [-0.39, 0.29) is 10.6 Å². The molecular weight excluding hydrogens is 208 g/mol. The average Bonchev–Trinajstić information content (AvgIpc) is 2.18. The van der Waals surface area contributed by atoms with E-state index in [4.69, 9.17) is 0 Å². The molecule has 0 radical (unpaired) electrons. The summed E-state index contributed by atoms with van der Waals surface area (Å²) in [7, 11) is -3.75. The molecule has 6 nitrogen and oxygen atoms in total. The van der Waals surface area contributed by atoms with Gasteiger partial charge in [-0.15, -0.1) is 0 Å². The summed E-state index contributed by atoms with van der Waals surface area (Å²) in [5.74, 6) is 0. The minimum atomic E-state index is -3.75. The molecule has 0 aliphatic heterocycles. The van der Waals surface area contributed by atoms with Gasteiger partial charge in [-0.25, -0.2) is 0 Å². The van der Waals surface area contributed by atoms with Crippen LogP contribution in [0, 0.1) is 10.1 Å². The molecular formula is C7H6N2O4S. The van der Waals surface area contributed by atoms with Gasteiger partial charge in [-0.1, -0.05) is 0 Å². The second-order valence-electron chi connectivity index (χ2n) is 2.36. The number of rotatable bonds is 3. The molecule has 0 spiro atoms. The summed E-state index contributed by atoms with van der Waals surface area (Å²) in [4.78, 5) is 9.53. The summed E-state index contributed by atoms with van der Waals surface area (Å²) in [5, 5.41) is 10.3.